The third-order valence-electron chi connectivity index (χ3n) is 5.01. The van der Waals surface area contributed by atoms with Gasteiger partial charge in [-0.2, -0.15) is 5.10 Å². The van der Waals surface area contributed by atoms with E-state index in [1.165, 1.54) is 36.2 Å². The molecule has 2 aliphatic rings. The van der Waals surface area contributed by atoms with Crippen molar-refractivity contribution >= 4 is 11.6 Å². The summed E-state index contributed by atoms with van der Waals surface area (Å²) in [5, 5.41) is 7.45. The van der Waals surface area contributed by atoms with Gasteiger partial charge in [-0.1, -0.05) is 0 Å². The predicted octanol–water partition coefficient (Wildman–Crippen LogP) is 2.83. The number of nitrogens with one attached hydrogen (secondary N) is 1. The van der Waals surface area contributed by atoms with E-state index < -0.39 is 0 Å². The fourth-order valence-electron chi connectivity index (χ4n) is 3.80. The van der Waals surface area contributed by atoms with E-state index in [9.17, 15) is 4.79 Å². The first-order chi connectivity index (χ1) is 11.2. The molecule has 0 aromatic carbocycles. The lowest BCUT2D eigenvalue weighted by atomic mass is 9.95. The molecule has 1 N–H and O–H groups in total. The standard InChI is InChI=1S/C18H22N4O/c1-22-16-9-5-3-7-14(16)17(21-22)18(23)20-13-10-12-6-2-4-8-15(12)19-11-13/h10-11H,2-9H2,1H3,(H,20,23). The zero-order valence-electron chi connectivity index (χ0n) is 13.6. The van der Waals surface area contributed by atoms with Crippen molar-refractivity contribution in [1.82, 2.24) is 14.8 Å². The van der Waals surface area contributed by atoms with Crippen molar-refractivity contribution in [2.75, 3.05) is 5.32 Å². The molecule has 23 heavy (non-hydrogen) atoms. The zero-order valence-corrected chi connectivity index (χ0v) is 13.6. The average molecular weight is 310 g/mol. The highest BCUT2D eigenvalue weighted by Gasteiger charge is 2.24. The minimum Gasteiger partial charge on any atom is -0.319 e. The van der Waals surface area contributed by atoms with Crippen LogP contribution in [0.3, 0.4) is 0 Å². The molecular weight excluding hydrogens is 288 g/mol. The van der Waals surface area contributed by atoms with Gasteiger partial charge in [-0.15, -0.1) is 0 Å². The highest BCUT2D eigenvalue weighted by molar-refractivity contribution is 6.04. The molecule has 0 aliphatic heterocycles. The summed E-state index contributed by atoms with van der Waals surface area (Å²) >= 11 is 0. The van der Waals surface area contributed by atoms with Crippen molar-refractivity contribution < 1.29 is 4.79 Å². The molecule has 0 fully saturated rings. The molecule has 0 radical (unpaired) electrons. The van der Waals surface area contributed by atoms with Crippen molar-refractivity contribution in [1.29, 1.82) is 0 Å². The maximum absolute atomic E-state index is 12.7. The minimum absolute atomic E-state index is 0.110. The van der Waals surface area contributed by atoms with Gasteiger partial charge in [0.2, 0.25) is 0 Å². The lowest BCUT2D eigenvalue weighted by Crippen LogP contribution is -2.16. The van der Waals surface area contributed by atoms with E-state index in [1.807, 2.05) is 11.7 Å². The first-order valence-corrected chi connectivity index (χ1v) is 8.56. The zero-order chi connectivity index (χ0) is 15.8. The van der Waals surface area contributed by atoms with Crippen molar-refractivity contribution in [2.45, 2.75) is 51.4 Å². The molecule has 0 bridgehead atoms. The van der Waals surface area contributed by atoms with Gasteiger partial charge in [0.25, 0.3) is 5.91 Å². The molecule has 2 aromatic rings. The molecule has 0 spiro atoms. The highest BCUT2D eigenvalue weighted by Crippen LogP contribution is 2.25. The summed E-state index contributed by atoms with van der Waals surface area (Å²) in [6.07, 6.45) is 10.6. The second-order valence-electron chi connectivity index (χ2n) is 6.60. The van der Waals surface area contributed by atoms with Crippen molar-refractivity contribution in [3.05, 3.63) is 40.5 Å². The van der Waals surface area contributed by atoms with Crippen LogP contribution in [0, 0.1) is 0 Å². The van der Waals surface area contributed by atoms with Crippen LogP contribution in [0.4, 0.5) is 5.69 Å². The smallest absolute Gasteiger partial charge is 0.276 e. The molecule has 2 heterocycles. The quantitative estimate of drug-likeness (QED) is 0.928. The van der Waals surface area contributed by atoms with Crippen LogP contribution < -0.4 is 5.32 Å². The number of aryl methyl sites for hydroxylation is 3. The number of fused-ring (bicyclic) bond motifs is 2. The number of aromatic nitrogens is 3. The molecule has 5 heteroatoms. The van der Waals surface area contributed by atoms with E-state index in [-0.39, 0.29) is 5.91 Å². The summed E-state index contributed by atoms with van der Waals surface area (Å²) in [6.45, 7) is 0. The van der Waals surface area contributed by atoms with Gasteiger partial charge in [-0.3, -0.25) is 14.5 Å². The Balaban J connectivity index is 1.59. The lowest BCUT2D eigenvalue weighted by Gasteiger charge is -2.16. The van der Waals surface area contributed by atoms with E-state index in [4.69, 9.17) is 0 Å². The van der Waals surface area contributed by atoms with Gasteiger partial charge in [0, 0.05) is 24.0 Å². The second-order valence-corrected chi connectivity index (χ2v) is 6.60. The summed E-state index contributed by atoms with van der Waals surface area (Å²) in [5.41, 5.74) is 6.17. The molecule has 4 rings (SSSR count). The van der Waals surface area contributed by atoms with Gasteiger partial charge < -0.3 is 5.32 Å². The molecule has 2 aliphatic carbocycles. The van der Waals surface area contributed by atoms with E-state index in [2.05, 4.69) is 21.5 Å². The minimum atomic E-state index is -0.110. The van der Waals surface area contributed by atoms with Gasteiger partial charge >= 0.3 is 0 Å². The first kappa shape index (κ1) is 14.4. The molecule has 2 aromatic heterocycles. The van der Waals surface area contributed by atoms with Gasteiger partial charge in [-0.05, 0) is 63.0 Å². The number of pyridine rings is 1. The third kappa shape index (κ3) is 2.64. The van der Waals surface area contributed by atoms with Crippen LogP contribution in [0.15, 0.2) is 12.3 Å². The maximum atomic E-state index is 12.7. The lowest BCUT2D eigenvalue weighted by molar-refractivity contribution is 0.102. The Hall–Kier alpha value is -2.17. The van der Waals surface area contributed by atoms with Crippen LogP contribution in [-0.2, 0) is 32.7 Å². The van der Waals surface area contributed by atoms with Crippen LogP contribution in [-0.4, -0.2) is 20.7 Å². The maximum Gasteiger partial charge on any atom is 0.276 e. The van der Waals surface area contributed by atoms with E-state index in [0.717, 1.165) is 43.4 Å². The summed E-state index contributed by atoms with van der Waals surface area (Å²) in [4.78, 5) is 17.2. The highest BCUT2D eigenvalue weighted by atomic mass is 16.2. The fraction of sp³-hybridized carbons (Fsp3) is 0.500. The van der Waals surface area contributed by atoms with Crippen molar-refractivity contribution in [3.63, 3.8) is 0 Å². The number of anilines is 1. The van der Waals surface area contributed by atoms with Gasteiger partial charge in [0.05, 0.1) is 11.9 Å². The molecule has 0 unspecified atom stereocenters. The average Bonchev–Trinajstić information content (AvgIpc) is 2.92. The Labute approximate surface area is 136 Å². The molecule has 5 nitrogen and oxygen atoms in total. The van der Waals surface area contributed by atoms with Gasteiger partial charge in [0.15, 0.2) is 5.69 Å². The SMILES string of the molecule is Cn1nc(C(=O)Nc2cnc3c(c2)CCCC3)c2c1CCCC2. The Kier molecular flexibility index (Phi) is 3.63. The summed E-state index contributed by atoms with van der Waals surface area (Å²) < 4.78 is 1.87. The Morgan fingerprint density at radius 3 is 2.83 bits per heavy atom. The first-order valence-electron chi connectivity index (χ1n) is 8.56. The summed E-state index contributed by atoms with van der Waals surface area (Å²) in [6, 6.07) is 2.08. The predicted molar refractivity (Wildman–Crippen MR) is 88.7 cm³/mol. The van der Waals surface area contributed by atoms with Crippen LogP contribution in [0.2, 0.25) is 0 Å². The number of amides is 1. The Morgan fingerprint density at radius 2 is 1.91 bits per heavy atom. The normalized spacial score (nSPS) is 16.6. The molecule has 1 amide bonds. The van der Waals surface area contributed by atoms with Gasteiger partial charge in [0.1, 0.15) is 0 Å². The van der Waals surface area contributed by atoms with E-state index in [1.54, 1.807) is 6.20 Å². The number of carbonyl (C=O) groups is 1. The Morgan fingerprint density at radius 1 is 1.13 bits per heavy atom. The van der Waals surface area contributed by atoms with Crippen molar-refractivity contribution in [2.24, 2.45) is 7.05 Å². The number of hydrogen-bond donors (Lipinski definition) is 1. The molecule has 0 saturated carbocycles. The number of carbonyl (C=O) groups excluding carboxylic acids is 1. The van der Waals surface area contributed by atoms with E-state index in [0.29, 0.717) is 5.69 Å². The second kappa shape index (κ2) is 5.80. The van der Waals surface area contributed by atoms with E-state index >= 15 is 0 Å². The number of rotatable bonds is 2. The fourth-order valence-corrected chi connectivity index (χ4v) is 3.80. The molecule has 0 atom stereocenters. The van der Waals surface area contributed by atoms with Crippen LogP contribution in [0.5, 0.6) is 0 Å². The largest absolute Gasteiger partial charge is 0.319 e. The third-order valence-corrected chi connectivity index (χ3v) is 5.01. The van der Waals surface area contributed by atoms with Crippen molar-refractivity contribution in [3.8, 4) is 0 Å². The van der Waals surface area contributed by atoms with Crippen LogP contribution >= 0.6 is 0 Å². The molecule has 120 valence electrons. The Bertz CT molecular complexity index is 763. The monoisotopic (exact) mass is 310 g/mol. The van der Waals surface area contributed by atoms with Crippen LogP contribution in [0.1, 0.15) is 58.7 Å². The topological polar surface area (TPSA) is 59.8 Å². The van der Waals surface area contributed by atoms with Crippen LogP contribution in [0.25, 0.3) is 0 Å². The molecular formula is C18H22N4O. The number of hydrogen-bond acceptors (Lipinski definition) is 3. The summed E-state index contributed by atoms with van der Waals surface area (Å²) in [5.74, 6) is -0.110. The van der Waals surface area contributed by atoms with Gasteiger partial charge in [-0.25, -0.2) is 0 Å². The molecule has 0 saturated heterocycles. The summed E-state index contributed by atoms with van der Waals surface area (Å²) in [7, 11) is 1.93. The number of nitrogens with zero attached hydrogens (tertiary/aromatic N) is 3.